The van der Waals surface area contributed by atoms with Gasteiger partial charge in [-0.3, -0.25) is 9.69 Å². The van der Waals surface area contributed by atoms with Gasteiger partial charge in [-0.1, -0.05) is 80.6 Å². The Labute approximate surface area is 306 Å². The molecule has 4 aromatic carbocycles. The molecule has 3 amide bonds. The van der Waals surface area contributed by atoms with E-state index in [-0.39, 0.29) is 10.8 Å². The minimum absolute atomic E-state index is 0.281. The number of hydrogen-bond acceptors (Lipinski definition) is 4. The fraction of sp³-hybridized carbons (Fsp3) is 0.311. The minimum Gasteiger partial charge on any atom is -0.835 e. The smallest absolute Gasteiger partial charge is 0.325 e. The van der Waals surface area contributed by atoms with E-state index >= 15 is 0 Å². The Morgan fingerprint density at radius 2 is 1.38 bits per heavy atom. The van der Waals surface area contributed by atoms with Crippen LogP contribution in [-0.2, 0) is 15.6 Å². The molecule has 8 rings (SSSR count). The van der Waals surface area contributed by atoms with Gasteiger partial charge in [-0.25, -0.2) is 4.79 Å². The highest BCUT2D eigenvalue weighted by Crippen LogP contribution is 2.51. The first kappa shape index (κ1) is 33.9. The predicted molar refractivity (Wildman–Crippen MR) is 208 cm³/mol. The van der Waals surface area contributed by atoms with Gasteiger partial charge in [0, 0.05) is 55.6 Å². The van der Waals surface area contributed by atoms with E-state index in [4.69, 9.17) is 0 Å². The largest absolute Gasteiger partial charge is 0.835 e. The van der Waals surface area contributed by atoms with Gasteiger partial charge in [0.05, 0.1) is 11.3 Å². The highest BCUT2D eigenvalue weighted by atomic mass is 16.3. The van der Waals surface area contributed by atoms with Crippen molar-refractivity contribution < 1.29 is 19.3 Å². The van der Waals surface area contributed by atoms with Crippen LogP contribution in [0.15, 0.2) is 120 Å². The molecule has 2 atom stereocenters. The molecule has 7 nitrogen and oxygen atoms in total. The highest BCUT2D eigenvalue weighted by Gasteiger charge is 2.46. The summed E-state index contributed by atoms with van der Waals surface area (Å²) in [6, 6.07) is 25.2. The van der Waals surface area contributed by atoms with Crippen molar-refractivity contribution in [1.29, 1.82) is 0 Å². The first-order valence-electron chi connectivity index (χ1n) is 18.2. The number of carbonyl (C=O) groups excluding carboxylic acids is 2. The minimum atomic E-state index is -1.53. The van der Waals surface area contributed by atoms with Crippen molar-refractivity contribution in [3.8, 4) is 0 Å². The average molecular weight is 691 g/mol. The lowest BCUT2D eigenvalue weighted by molar-refractivity contribution is -0.458. The lowest BCUT2D eigenvalue weighted by Gasteiger charge is -2.46. The van der Waals surface area contributed by atoms with E-state index in [1.165, 1.54) is 58.1 Å². The molecule has 264 valence electrons. The SMILES string of the molecule is CN1C(=O)C(C2=C(/C=C/C3=[N+](C)c4ccc5ccccc5c4C3(C)C)CC/C2=C\C=C2\N(C)c3ccc4ccccc4c3C2(C)C)C([O-])N(C)C1=O. The Morgan fingerprint density at radius 3 is 2.08 bits per heavy atom. The van der Waals surface area contributed by atoms with Gasteiger partial charge in [0.25, 0.3) is 0 Å². The van der Waals surface area contributed by atoms with Crippen LogP contribution in [0, 0.1) is 5.92 Å². The highest BCUT2D eigenvalue weighted by molar-refractivity contribution is 6.08. The second kappa shape index (κ2) is 11.9. The summed E-state index contributed by atoms with van der Waals surface area (Å²) >= 11 is 0. The third kappa shape index (κ3) is 4.78. The number of nitrogens with zero attached hydrogens (tertiary/aromatic N) is 4. The maximum absolute atomic E-state index is 14.0. The van der Waals surface area contributed by atoms with Crippen molar-refractivity contribution in [1.82, 2.24) is 9.80 Å². The van der Waals surface area contributed by atoms with Gasteiger partial charge in [0.2, 0.25) is 11.6 Å². The third-order valence-corrected chi connectivity index (χ3v) is 12.2. The van der Waals surface area contributed by atoms with Crippen molar-refractivity contribution in [2.24, 2.45) is 5.92 Å². The number of anilines is 1. The molecule has 4 aliphatic rings. The summed E-state index contributed by atoms with van der Waals surface area (Å²) < 4.78 is 2.26. The van der Waals surface area contributed by atoms with E-state index in [0.29, 0.717) is 12.8 Å². The molecule has 52 heavy (non-hydrogen) atoms. The molecule has 1 saturated heterocycles. The van der Waals surface area contributed by atoms with E-state index < -0.39 is 24.1 Å². The van der Waals surface area contributed by atoms with E-state index in [0.717, 1.165) is 37.9 Å². The van der Waals surface area contributed by atoms with Crippen LogP contribution >= 0.6 is 0 Å². The van der Waals surface area contributed by atoms with Gasteiger partial charge in [-0.2, -0.15) is 4.58 Å². The molecule has 0 radical (unpaired) electrons. The lowest BCUT2D eigenvalue weighted by atomic mass is 9.79. The van der Waals surface area contributed by atoms with Gasteiger partial charge in [0.15, 0.2) is 5.71 Å². The fourth-order valence-corrected chi connectivity index (χ4v) is 9.50. The lowest BCUT2D eigenvalue weighted by Crippen LogP contribution is -2.64. The first-order valence-corrected chi connectivity index (χ1v) is 18.2. The molecule has 1 aliphatic carbocycles. The summed E-state index contributed by atoms with van der Waals surface area (Å²) in [7, 11) is 7.19. The van der Waals surface area contributed by atoms with Crippen LogP contribution in [0.4, 0.5) is 16.2 Å². The molecule has 1 fully saturated rings. The second-order valence-electron chi connectivity index (χ2n) is 15.8. The van der Waals surface area contributed by atoms with Gasteiger partial charge in [-0.05, 0) is 95.0 Å². The molecule has 0 saturated carbocycles. The van der Waals surface area contributed by atoms with Gasteiger partial charge in [0.1, 0.15) is 7.05 Å². The summed E-state index contributed by atoms with van der Waals surface area (Å²) in [6.07, 6.45) is 8.44. The van der Waals surface area contributed by atoms with Crippen molar-refractivity contribution in [3.63, 3.8) is 0 Å². The Balaban J connectivity index is 1.24. The summed E-state index contributed by atoms with van der Waals surface area (Å²) in [5, 5.41) is 18.9. The summed E-state index contributed by atoms with van der Waals surface area (Å²) in [4.78, 5) is 31.3. The zero-order chi connectivity index (χ0) is 36.9. The molecule has 0 aromatic heterocycles. The van der Waals surface area contributed by atoms with Crippen molar-refractivity contribution in [2.45, 2.75) is 57.6 Å². The standard InChI is InChI=1S/C45H46N4O3/c1-44(2)35(46(5)33-23-19-27-13-9-11-15-31(27)39(33)44)25-21-29-17-18-30(37(29)38-41(50)48(7)43(52)49(8)42(38)51)22-26-36-45(3,4)40-32-16-12-10-14-28(32)20-24-34(40)47(36)6/h9-16,19-26,38,41H,17-18H2,1-8H3. The molecule has 3 heterocycles. The Morgan fingerprint density at radius 1 is 0.750 bits per heavy atom. The fourth-order valence-electron chi connectivity index (χ4n) is 9.50. The average Bonchev–Trinajstić information content (AvgIpc) is 3.68. The molecular formula is C45H46N4O3. The topological polar surface area (TPSA) is 69.9 Å². The van der Waals surface area contributed by atoms with E-state index in [1.807, 2.05) is 0 Å². The molecule has 0 bridgehead atoms. The second-order valence-corrected chi connectivity index (χ2v) is 15.8. The van der Waals surface area contributed by atoms with Crippen LogP contribution in [0.3, 0.4) is 0 Å². The molecule has 0 spiro atoms. The number of benzene rings is 4. The van der Waals surface area contributed by atoms with E-state index in [2.05, 4.69) is 148 Å². The van der Waals surface area contributed by atoms with E-state index in [9.17, 15) is 14.7 Å². The van der Waals surface area contributed by atoms with Crippen LogP contribution in [-0.4, -0.2) is 66.4 Å². The third-order valence-electron chi connectivity index (χ3n) is 12.2. The zero-order valence-electron chi connectivity index (χ0n) is 31.3. The number of rotatable bonds is 4. The number of urea groups is 1. The zero-order valence-corrected chi connectivity index (χ0v) is 31.3. The van der Waals surface area contributed by atoms with Crippen molar-refractivity contribution in [2.75, 3.05) is 33.1 Å². The number of hydrogen-bond donors (Lipinski definition) is 0. The van der Waals surface area contributed by atoms with Crippen LogP contribution < -0.4 is 10.0 Å². The monoisotopic (exact) mass is 690 g/mol. The van der Waals surface area contributed by atoms with Gasteiger partial charge < -0.3 is 14.9 Å². The molecule has 7 heteroatoms. The molecule has 2 unspecified atom stereocenters. The van der Waals surface area contributed by atoms with E-state index in [1.54, 1.807) is 0 Å². The molecular weight excluding hydrogens is 645 g/mol. The molecule has 3 aliphatic heterocycles. The number of likely N-dealkylation sites (N-methyl/N-ethyl adjacent to an activating group) is 1. The Kier molecular flexibility index (Phi) is 7.74. The molecule has 4 aromatic rings. The number of carbonyl (C=O) groups is 2. The van der Waals surface area contributed by atoms with Gasteiger partial charge >= 0.3 is 6.03 Å². The first-order chi connectivity index (χ1) is 24.7. The normalized spacial score (nSPS) is 24.2. The Bertz CT molecular complexity index is 2390. The van der Waals surface area contributed by atoms with Crippen LogP contribution in [0.2, 0.25) is 0 Å². The quantitative estimate of drug-likeness (QED) is 0.206. The number of imide groups is 1. The summed E-state index contributed by atoms with van der Waals surface area (Å²) in [5.74, 6) is -1.47. The van der Waals surface area contributed by atoms with Crippen LogP contribution in [0.25, 0.3) is 21.5 Å². The van der Waals surface area contributed by atoms with Crippen LogP contribution in [0.5, 0.6) is 0 Å². The summed E-state index contributed by atoms with van der Waals surface area (Å²) in [5.41, 5.74) is 9.33. The Hall–Kier alpha value is -5.27. The van der Waals surface area contributed by atoms with Crippen molar-refractivity contribution in [3.05, 3.63) is 131 Å². The maximum atomic E-state index is 14.0. The predicted octanol–water partition coefficient (Wildman–Crippen LogP) is 7.71. The van der Waals surface area contributed by atoms with Gasteiger partial charge in [-0.15, -0.1) is 0 Å². The van der Waals surface area contributed by atoms with Crippen LogP contribution in [0.1, 0.15) is 51.7 Å². The molecule has 0 N–H and O–H groups in total. The number of amides is 3. The van der Waals surface area contributed by atoms with Crippen molar-refractivity contribution >= 4 is 50.6 Å². The summed E-state index contributed by atoms with van der Waals surface area (Å²) in [6.45, 7) is 9.05. The number of fused-ring (bicyclic) bond motifs is 6. The maximum Gasteiger partial charge on any atom is 0.325 e. The number of allylic oxidation sites excluding steroid dienone is 7.